The molecule has 0 aliphatic heterocycles. The summed E-state index contributed by atoms with van der Waals surface area (Å²) in [5.41, 5.74) is -0.828. The molecule has 0 bridgehead atoms. The van der Waals surface area contributed by atoms with Crippen LogP contribution in [0.5, 0.6) is 0 Å². The van der Waals surface area contributed by atoms with E-state index in [2.05, 4.69) is 10.1 Å². The maximum absolute atomic E-state index is 12.0. The molecule has 6 heteroatoms. The number of carbonyl (C=O) groups is 3. The number of allylic oxidation sites excluding steroid dienone is 1. The Hall–Kier alpha value is -1.85. The van der Waals surface area contributed by atoms with Crippen LogP contribution < -0.4 is 5.32 Å². The number of ether oxygens (including phenoxy) is 2. The molecule has 1 amide bonds. The lowest BCUT2D eigenvalue weighted by atomic mass is 9.97. The summed E-state index contributed by atoms with van der Waals surface area (Å²) in [4.78, 5) is 35.1. The SMILES string of the molecule is CCCC/C(OC(=O)C(C)(C)C)=C(\NC(C)=O)C(=O)OC. The highest BCUT2D eigenvalue weighted by atomic mass is 16.5. The molecule has 0 aromatic rings. The molecule has 0 unspecified atom stereocenters. The van der Waals surface area contributed by atoms with Crippen molar-refractivity contribution in [2.24, 2.45) is 5.41 Å². The molecule has 0 aliphatic rings. The van der Waals surface area contributed by atoms with Gasteiger partial charge in [-0.2, -0.15) is 0 Å². The number of rotatable bonds is 6. The predicted molar refractivity (Wildman–Crippen MR) is 77.9 cm³/mol. The van der Waals surface area contributed by atoms with Crippen molar-refractivity contribution in [3.05, 3.63) is 11.5 Å². The normalized spacial score (nSPS) is 12.3. The average Bonchev–Trinajstić information content (AvgIpc) is 2.38. The minimum absolute atomic E-state index is 0.115. The Kier molecular flexibility index (Phi) is 7.70. The summed E-state index contributed by atoms with van der Waals surface area (Å²) in [5, 5.41) is 2.39. The van der Waals surface area contributed by atoms with Crippen molar-refractivity contribution in [1.29, 1.82) is 0 Å². The van der Waals surface area contributed by atoms with E-state index in [1.165, 1.54) is 14.0 Å². The smallest absolute Gasteiger partial charge is 0.358 e. The van der Waals surface area contributed by atoms with E-state index in [1.54, 1.807) is 20.8 Å². The Morgan fingerprint density at radius 2 is 1.71 bits per heavy atom. The second-order valence-corrected chi connectivity index (χ2v) is 5.71. The number of amides is 1. The number of methoxy groups -OCH3 is 1. The molecule has 120 valence electrons. The van der Waals surface area contributed by atoms with Gasteiger partial charge in [0.15, 0.2) is 5.70 Å². The molecule has 6 nitrogen and oxygen atoms in total. The number of carbonyl (C=O) groups excluding carboxylic acids is 3. The highest BCUT2D eigenvalue weighted by Gasteiger charge is 2.27. The van der Waals surface area contributed by atoms with Crippen molar-refractivity contribution in [3.63, 3.8) is 0 Å². The molecule has 0 saturated carbocycles. The summed E-state index contributed by atoms with van der Waals surface area (Å²) in [6.07, 6.45) is 1.93. The topological polar surface area (TPSA) is 81.7 Å². The molecule has 0 radical (unpaired) electrons. The van der Waals surface area contributed by atoms with Crippen LogP contribution >= 0.6 is 0 Å². The van der Waals surface area contributed by atoms with Crippen LogP contribution in [0.4, 0.5) is 0 Å². The van der Waals surface area contributed by atoms with Crippen LogP contribution in [0.25, 0.3) is 0 Å². The zero-order chi connectivity index (χ0) is 16.6. The first kappa shape index (κ1) is 19.1. The van der Waals surface area contributed by atoms with Crippen LogP contribution in [0.3, 0.4) is 0 Å². The van der Waals surface area contributed by atoms with Crippen LogP contribution in [0.2, 0.25) is 0 Å². The highest BCUT2D eigenvalue weighted by molar-refractivity contribution is 5.94. The van der Waals surface area contributed by atoms with E-state index < -0.39 is 23.3 Å². The van der Waals surface area contributed by atoms with Crippen LogP contribution in [0.15, 0.2) is 11.5 Å². The van der Waals surface area contributed by atoms with Crippen molar-refractivity contribution in [3.8, 4) is 0 Å². The first-order valence-corrected chi connectivity index (χ1v) is 6.94. The standard InChI is InChI=1S/C15H25NO5/c1-7-8-9-11(21-14(19)15(3,4)5)12(13(18)20-6)16-10(2)17/h7-9H2,1-6H3,(H,16,17)/b12-11+. The fourth-order valence-corrected chi connectivity index (χ4v) is 1.34. The lowest BCUT2D eigenvalue weighted by molar-refractivity contribution is -0.149. The van der Waals surface area contributed by atoms with Gasteiger partial charge >= 0.3 is 11.9 Å². The number of unbranched alkanes of at least 4 members (excludes halogenated alkanes) is 1. The van der Waals surface area contributed by atoms with Gasteiger partial charge < -0.3 is 14.8 Å². The fourth-order valence-electron chi connectivity index (χ4n) is 1.34. The van der Waals surface area contributed by atoms with Gasteiger partial charge in [-0.15, -0.1) is 0 Å². The Morgan fingerprint density at radius 3 is 2.10 bits per heavy atom. The first-order valence-electron chi connectivity index (χ1n) is 6.94. The number of nitrogens with one attached hydrogen (secondary N) is 1. The molecule has 0 aromatic carbocycles. The number of hydrogen-bond acceptors (Lipinski definition) is 5. The van der Waals surface area contributed by atoms with E-state index in [-0.39, 0.29) is 11.5 Å². The van der Waals surface area contributed by atoms with Gasteiger partial charge in [0.2, 0.25) is 5.91 Å². The number of esters is 2. The van der Waals surface area contributed by atoms with Gasteiger partial charge in [0.25, 0.3) is 0 Å². The highest BCUT2D eigenvalue weighted by Crippen LogP contribution is 2.21. The van der Waals surface area contributed by atoms with Gasteiger partial charge in [0, 0.05) is 13.3 Å². The Labute approximate surface area is 125 Å². The molecular formula is C15H25NO5. The van der Waals surface area contributed by atoms with Gasteiger partial charge in [-0.25, -0.2) is 4.79 Å². The lowest BCUT2D eigenvalue weighted by Crippen LogP contribution is -2.30. The second kappa shape index (κ2) is 8.44. The quantitative estimate of drug-likeness (QED) is 0.462. The Bertz CT molecular complexity index is 432. The van der Waals surface area contributed by atoms with Gasteiger partial charge in [-0.05, 0) is 27.2 Å². The third-order valence-corrected chi connectivity index (χ3v) is 2.56. The zero-order valence-corrected chi connectivity index (χ0v) is 13.7. The van der Waals surface area contributed by atoms with Crippen LogP contribution in [-0.2, 0) is 23.9 Å². The van der Waals surface area contributed by atoms with Gasteiger partial charge in [-0.3, -0.25) is 9.59 Å². The van der Waals surface area contributed by atoms with Gasteiger partial charge in [0.05, 0.1) is 12.5 Å². The first-order chi connectivity index (χ1) is 9.63. The number of hydrogen-bond donors (Lipinski definition) is 1. The maximum atomic E-state index is 12.0. The van der Waals surface area contributed by atoms with E-state index in [0.29, 0.717) is 12.8 Å². The average molecular weight is 299 g/mol. The molecule has 0 heterocycles. The third kappa shape index (κ3) is 6.92. The minimum atomic E-state index is -0.738. The molecule has 0 atom stereocenters. The Balaban J connectivity index is 5.55. The third-order valence-electron chi connectivity index (χ3n) is 2.56. The van der Waals surface area contributed by atoms with Crippen LogP contribution in [-0.4, -0.2) is 25.0 Å². The van der Waals surface area contributed by atoms with Crippen molar-refractivity contribution in [2.75, 3.05) is 7.11 Å². The molecule has 0 fully saturated rings. The molecule has 0 spiro atoms. The van der Waals surface area contributed by atoms with Crippen LogP contribution in [0.1, 0.15) is 53.9 Å². The molecule has 0 saturated heterocycles. The van der Waals surface area contributed by atoms with E-state index in [1.807, 2.05) is 6.92 Å². The molecular weight excluding hydrogens is 274 g/mol. The van der Waals surface area contributed by atoms with Crippen molar-refractivity contribution in [2.45, 2.75) is 53.9 Å². The summed E-state index contributed by atoms with van der Waals surface area (Å²) < 4.78 is 9.97. The molecule has 1 N–H and O–H groups in total. The summed E-state index contributed by atoms with van der Waals surface area (Å²) in [6.45, 7) is 8.38. The Morgan fingerprint density at radius 1 is 1.14 bits per heavy atom. The minimum Gasteiger partial charge on any atom is -0.464 e. The summed E-state index contributed by atoms with van der Waals surface area (Å²) in [7, 11) is 1.20. The van der Waals surface area contributed by atoms with Crippen molar-refractivity contribution < 1.29 is 23.9 Å². The summed E-state index contributed by atoms with van der Waals surface area (Å²) in [6, 6.07) is 0. The molecule has 0 aliphatic carbocycles. The summed E-state index contributed by atoms with van der Waals surface area (Å²) >= 11 is 0. The predicted octanol–water partition coefficient (Wildman–Crippen LogP) is 2.29. The lowest BCUT2D eigenvalue weighted by Gasteiger charge is -2.20. The molecule has 0 aromatic heterocycles. The maximum Gasteiger partial charge on any atom is 0.358 e. The van der Waals surface area contributed by atoms with E-state index >= 15 is 0 Å². The summed E-state index contributed by atoms with van der Waals surface area (Å²) in [5.74, 6) is -1.51. The van der Waals surface area contributed by atoms with E-state index in [0.717, 1.165) is 6.42 Å². The molecule has 0 rings (SSSR count). The van der Waals surface area contributed by atoms with Gasteiger partial charge in [0.1, 0.15) is 5.76 Å². The van der Waals surface area contributed by atoms with Crippen molar-refractivity contribution >= 4 is 17.8 Å². The van der Waals surface area contributed by atoms with Crippen LogP contribution in [0, 0.1) is 5.41 Å². The van der Waals surface area contributed by atoms with Crippen molar-refractivity contribution in [1.82, 2.24) is 5.32 Å². The fraction of sp³-hybridized carbons (Fsp3) is 0.667. The van der Waals surface area contributed by atoms with E-state index in [4.69, 9.17) is 4.74 Å². The van der Waals surface area contributed by atoms with E-state index in [9.17, 15) is 14.4 Å². The monoisotopic (exact) mass is 299 g/mol. The second-order valence-electron chi connectivity index (χ2n) is 5.71. The van der Waals surface area contributed by atoms with Gasteiger partial charge in [-0.1, -0.05) is 13.3 Å². The molecule has 21 heavy (non-hydrogen) atoms. The zero-order valence-electron chi connectivity index (χ0n) is 13.7. The largest absolute Gasteiger partial charge is 0.464 e.